The predicted octanol–water partition coefficient (Wildman–Crippen LogP) is -2.72. The van der Waals surface area contributed by atoms with E-state index in [0.717, 1.165) is 0 Å². The summed E-state index contributed by atoms with van der Waals surface area (Å²) in [6.45, 7) is 0. The molecule has 70 valence electrons. The Morgan fingerprint density at radius 3 is 1.58 bits per heavy atom. The van der Waals surface area contributed by atoms with Crippen molar-refractivity contribution in [1.29, 1.82) is 0 Å². The second kappa shape index (κ2) is 7.99. The Kier molecular flexibility index (Phi) is 8.97. The normalized spacial score (nSPS) is 7.92. The van der Waals surface area contributed by atoms with Crippen LogP contribution < -0.4 is 5.73 Å². The third kappa shape index (κ3) is 36.6. The van der Waals surface area contributed by atoms with Crippen LogP contribution in [0, 0.1) is 0 Å². The van der Waals surface area contributed by atoms with E-state index in [1.54, 1.807) is 0 Å². The number of aliphatic carboxylic acids is 1. The third-order valence-electron chi connectivity index (χ3n) is 0.585. The Labute approximate surface area is 68.6 Å². The average molecular weight is 179 g/mol. The van der Waals surface area contributed by atoms with E-state index in [2.05, 4.69) is 5.73 Å². The van der Waals surface area contributed by atoms with Crippen LogP contribution in [-0.4, -0.2) is 39.4 Å². The quantitative estimate of drug-likeness (QED) is 0.298. The minimum Gasteiger partial charge on any atom is -0.481 e. The van der Waals surface area contributed by atoms with Gasteiger partial charge in [-0.3, -0.25) is 9.59 Å². The summed E-state index contributed by atoms with van der Waals surface area (Å²) in [5, 5.41) is 29.5. The number of hydrogen-bond acceptors (Lipinski definition) is 5. The van der Waals surface area contributed by atoms with Gasteiger partial charge < -0.3 is 25.9 Å². The molecule has 0 unspecified atom stereocenters. The molecule has 0 aromatic rings. The number of carbonyl (C=O) groups excluding carboxylic acids is 1. The van der Waals surface area contributed by atoms with Gasteiger partial charge in [0, 0.05) is 6.42 Å². The summed E-state index contributed by atoms with van der Waals surface area (Å²) in [5.74, 6) is -1.57. The van der Waals surface area contributed by atoms with Gasteiger partial charge in [0.15, 0.2) is 0 Å². The van der Waals surface area contributed by atoms with Gasteiger partial charge in [-0.05, 0) is 0 Å². The van der Waals surface area contributed by atoms with Crippen molar-refractivity contribution in [3.8, 4) is 0 Å². The van der Waals surface area contributed by atoms with E-state index in [9.17, 15) is 9.59 Å². The molecule has 0 radical (unpaired) electrons. The van der Waals surface area contributed by atoms with Crippen molar-refractivity contribution < 1.29 is 29.8 Å². The molecule has 6 N–H and O–H groups in total. The van der Waals surface area contributed by atoms with Crippen LogP contribution in [0.5, 0.6) is 0 Å². The molecule has 0 spiro atoms. The fraction of sp³-hybridized carbons (Fsp3) is 0.500. The first-order chi connectivity index (χ1) is 5.36. The van der Waals surface area contributed by atoms with Crippen molar-refractivity contribution >= 4 is 19.2 Å². The molecule has 0 heterocycles. The van der Waals surface area contributed by atoms with Crippen LogP contribution in [0.3, 0.4) is 0 Å². The highest BCUT2D eigenvalue weighted by Gasteiger charge is 1.98. The fourth-order valence-corrected chi connectivity index (χ4v) is 0.230. The van der Waals surface area contributed by atoms with E-state index in [-0.39, 0.29) is 12.8 Å². The smallest absolute Gasteiger partial charge is 0.481 e. The molecule has 0 aliphatic carbocycles. The van der Waals surface area contributed by atoms with Crippen LogP contribution in [0.25, 0.3) is 0 Å². The topological polar surface area (TPSA) is 141 Å². The lowest BCUT2D eigenvalue weighted by molar-refractivity contribution is -0.138. The molecule has 0 saturated heterocycles. The number of carbonyl (C=O) groups is 2. The van der Waals surface area contributed by atoms with E-state index in [4.69, 9.17) is 20.2 Å². The van der Waals surface area contributed by atoms with Gasteiger partial charge in [-0.1, -0.05) is 0 Å². The first kappa shape index (κ1) is 13.5. The summed E-state index contributed by atoms with van der Waals surface area (Å²) >= 11 is 0. The van der Waals surface area contributed by atoms with Gasteiger partial charge in [-0.15, -0.1) is 0 Å². The highest BCUT2D eigenvalue weighted by atomic mass is 16.5. The maximum atomic E-state index is 9.86. The number of rotatable bonds is 3. The van der Waals surface area contributed by atoms with Crippen LogP contribution in [0.4, 0.5) is 0 Å². The fourth-order valence-electron chi connectivity index (χ4n) is 0.230. The molecular weight excluding hydrogens is 169 g/mol. The van der Waals surface area contributed by atoms with Crippen molar-refractivity contribution in [3.63, 3.8) is 0 Å². The van der Waals surface area contributed by atoms with Crippen molar-refractivity contribution in [1.82, 2.24) is 0 Å². The molecule has 7 nitrogen and oxygen atoms in total. The number of primary amides is 1. The first-order valence-corrected chi connectivity index (χ1v) is 2.90. The number of amides is 1. The summed E-state index contributed by atoms with van der Waals surface area (Å²) in [6, 6.07) is 0. The zero-order valence-corrected chi connectivity index (χ0v) is 6.17. The largest absolute Gasteiger partial charge is 0.631 e. The monoisotopic (exact) mass is 179 g/mol. The summed E-state index contributed by atoms with van der Waals surface area (Å²) in [5.41, 5.74) is 4.64. The summed E-state index contributed by atoms with van der Waals surface area (Å²) in [4.78, 5) is 19.6. The van der Waals surface area contributed by atoms with E-state index in [1.165, 1.54) is 0 Å². The Morgan fingerprint density at radius 1 is 1.17 bits per heavy atom. The average Bonchev–Trinajstić information content (AvgIpc) is 1.82. The summed E-state index contributed by atoms with van der Waals surface area (Å²) in [7, 11) is -2.17. The molecule has 0 fully saturated rings. The molecule has 0 saturated carbocycles. The molecule has 0 aromatic carbocycles. The van der Waals surface area contributed by atoms with Crippen LogP contribution in [0.2, 0.25) is 0 Å². The zero-order valence-electron chi connectivity index (χ0n) is 6.17. The highest BCUT2D eigenvalue weighted by molar-refractivity contribution is 6.30. The van der Waals surface area contributed by atoms with Gasteiger partial charge >= 0.3 is 13.3 Å². The molecule has 0 aliphatic heterocycles. The minimum absolute atomic E-state index is 0.0741. The van der Waals surface area contributed by atoms with Crippen LogP contribution in [-0.2, 0) is 9.59 Å². The lowest BCUT2D eigenvalue weighted by Crippen LogP contribution is -2.12. The molecule has 8 heteroatoms. The van der Waals surface area contributed by atoms with E-state index >= 15 is 0 Å². The molecule has 0 atom stereocenters. The molecule has 0 aromatic heterocycles. The van der Waals surface area contributed by atoms with Gasteiger partial charge in [0.1, 0.15) is 0 Å². The van der Waals surface area contributed by atoms with Gasteiger partial charge in [-0.2, -0.15) is 0 Å². The minimum atomic E-state index is -2.17. The van der Waals surface area contributed by atoms with Gasteiger partial charge in [-0.25, -0.2) is 0 Å². The second-order valence-corrected chi connectivity index (χ2v) is 1.71. The van der Waals surface area contributed by atoms with Gasteiger partial charge in [0.25, 0.3) is 0 Å². The first-order valence-electron chi connectivity index (χ1n) is 2.90. The van der Waals surface area contributed by atoms with Crippen LogP contribution in [0.1, 0.15) is 12.8 Å². The van der Waals surface area contributed by atoms with Crippen molar-refractivity contribution in [3.05, 3.63) is 0 Å². The zero-order chi connectivity index (χ0) is 10.1. The number of carboxylic acids is 1. The standard InChI is InChI=1S/C4H7NO3.BH3O3/c5-3(6)1-2-4(7)8;2-1(3)4/h1-2H2,(H2,5,6)(H,7,8);2-4H. The molecule has 12 heavy (non-hydrogen) atoms. The van der Waals surface area contributed by atoms with Crippen molar-refractivity contribution in [2.24, 2.45) is 5.73 Å². The Hall–Kier alpha value is -1.12. The Bertz CT molecular complexity index is 132. The molecule has 0 aliphatic rings. The molecule has 1 amide bonds. The number of carboxylic acid groups (broad SMARTS) is 1. The molecular formula is C4H10BNO6. The maximum absolute atomic E-state index is 9.86. The van der Waals surface area contributed by atoms with Crippen LogP contribution in [0.15, 0.2) is 0 Å². The third-order valence-corrected chi connectivity index (χ3v) is 0.585. The second-order valence-electron chi connectivity index (χ2n) is 1.71. The highest BCUT2D eigenvalue weighted by Crippen LogP contribution is 1.84. The Balaban J connectivity index is 0. The van der Waals surface area contributed by atoms with Crippen molar-refractivity contribution in [2.75, 3.05) is 0 Å². The van der Waals surface area contributed by atoms with Crippen LogP contribution >= 0.6 is 0 Å². The SMILES string of the molecule is NC(=O)CCC(=O)O.OB(O)O. The molecule has 0 bridgehead atoms. The maximum Gasteiger partial charge on any atom is 0.631 e. The lowest BCUT2D eigenvalue weighted by atomic mass is 10.3. The van der Waals surface area contributed by atoms with Crippen molar-refractivity contribution in [2.45, 2.75) is 12.8 Å². The number of nitrogens with two attached hydrogens (primary N) is 1. The van der Waals surface area contributed by atoms with Gasteiger partial charge in [0.2, 0.25) is 5.91 Å². The van der Waals surface area contributed by atoms with E-state index in [0.29, 0.717) is 0 Å². The lowest BCUT2D eigenvalue weighted by Gasteiger charge is -1.86. The predicted molar refractivity (Wildman–Crippen MR) is 38.5 cm³/mol. The summed E-state index contributed by atoms with van der Waals surface area (Å²) in [6.07, 6.45) is -0.245. The number of hydrogen-bond donors (Lipinski definition) is 5. The van der Waals surface area contributed by atoms with E-state index < -0.39 is 19.2 Å². The Morgan fingerprint density at radius 2 is 1.50 bits per heavy atom. The van der Waals surface area contributed by atoms with E-state index in [1.807, 2.05) is 0 Å². The summed E-state index contributed by atoms with van der Waals surface area (Å²) < 4.78 is 0. The van der Waals surface area contributed by atoms with Gasteiger partial charge in [0.05, 0.1) is 6.42 Å². The molecule has 0 rings (SSSR count).